The maximum Gasteiger partial charge on any atom is 0.398 e. The van der Waals surface area contributed by atoms with E-state index in [1.807, 2.05) is 0 Å². The van der Waals surface area contributed by atoms with Crippen LogP contribution < -0.4 is 4.18 Å². The Balaban J connectivity index is 3.01. The van der Waals surface area contributed by atoms with Crippen LogP contribution in [0.1, 0.15) is 13.8 Å². The average molecular weight is 312 g/mol. The van der Waals surface area contributed by atoms with E-state index in [4.69, 9.17) is 9.66 Å². The second kappa shape index (κ2) is 4.96. The third kappa shape index (κ3) is 4.35. The summed E-state index contributed by atoms with van der Waals surface area (Å²) in [6.45, 7) is 1.80. The summed E-state index contributed by atoms with van der Waals surface area (Å²) >= 11 is 0. The van der Waals surface area contributed by atoms with E-state index in [0.717, 1.165) is 26.0 Å². The molecule has 0 saturated heterocycles. The van der Waals surface area contributed by atoms with E-state index in [2.05, 4.69) is 8.37 Å². The van der Waals surface area contributed by atoms with Crippen molar-refractivity contribution in [1.29, 1.82) is 0 Å². The predicted molar refractivity (Wildman–Crippen MR) is 64.4 cm³/mol. The van der Waals surface area contributed by atoms with Gasteiger partial charge in [-0.3, -0.25) is 4.55 Å². The normalized spacial score (nSPS) is 13.2. The fourth-order valence-corrected chi connectivity index (χ4v) is 2.69. The highest BCUT2D eigenvalue weighted by Crippen LogP contribution is 2.25. The molecule has 0 radical (unpaired) electrons. The van der Waals surface area contributed by atoms with Crippen LogP contribution in [0.3, 0.4) is 0 Å². The van der Waals surface area contributed by atoms with Gasteiger partial charge in [0.2, 0.25) is 4.93 Å². The molecule has 108 valence electrons. The van der Waals surface area contributed by atoms with Gasteiger partial charge in [-0.15, -0.1) is 0 Å². The lowest BCUT2D eigenvalue weighted by atomic mass is 10.3. The van der Waals surface area contributed by atoms with E-state index in [9.17, 15) is 16.8 Å². The first kappa shape index (κ1) is 15.7. The van der Waals surface area contributed by atoms with E-state index in [1.54, 1.807) is 0 Å². The first-order valence-electron chi connectivity index (χ1n) is 4.84. The molecule has 0 aliphatic carbocycles. The predicted octanol–water partition coefficient (Wildman–Crippen LogP) is 0.656. The van der Waals surface area contributed by atoms with Crippen molar-refractivity contribution in [3.8, 4) is 11.5 Å². The standard InChI is InChI=1S/C9H12O8S2/c1-9(2,17-19(13,14)15)18(11,12)16-8-5-3-7(10)4-6-8/h3-6,10H,1-2H3,(H,13,14,15). The van der Waals surface area contributed by atoms with E-state index in [1.165, 1.54) is 12.1 Å². The number of benzene rings is 1. The van der Waals surface area contributed by atoms with Gasteiger partial charge in [0.1, 0.15) is 11.5 Å². The Kier molecular flexibility index (Phi) is 4.10. The summed E-state index contributed by atoms with van der Waals surface area (Å²) < 4.78 is 61.9. The summed E-state index contributed by atoms with van der Waals surface area (Å²) in [7, 11) is -9.47. The lowest BCUT2D eigenvalue weighted by molar-refractivity contribution is 0.163. The zero-order chi connectivity index (χ0) is 14.9. The van der Waals surface area contributed by atoms with Crippen molar-refractivity contribution < 1.29 is 34.9 Å². The van der Waals surface area contributed by atoms with Gasteiger partial charge >= 0.3 is 20.5 Å². The molecule has 0 aromatic heterocycles. The van der Waals surface area contributed by atoms with Gasteiger partial charge in [-0.25, -0.2) is 4.18 Å². The lowest BCUT2D eigenvalue weighted by Crippen LogP contribution is -2.40. The summed E-state index contributed by atoms with van der Waals surface area (Å²) in [5.74, 6) is -0.247. The fraction of sp³-hybridized carbons (Fsp3) is 0.333. The molecule has 0 heterocycles. The summed E-state index contributed by atoms with van der Waals surface area (Å²) in [6, 6.07) is 4.69. The average Bonchev–Trinajstić information content (AvgIpc) is 2.17. The molecule has 0 bridgehead atoms. The maximum absolute atomic E-state index is 11.8. The third-order valence-electron chi connectivity index (χ3n) is 1.95. The highest BCUT2D eigenvalue weighted by molar-refractivity contribution is 7.89. The van der Waals surface area contributed by atoms with Crippen molar-refractivity contribution in [3.63, 3.8) is 0 Å². The molecular weight excluding hydrogens is 300 g/mol. The molecule has 2 N–H and O–H groups in total. The van der Waals surface area contributed by atoms with Gasteiger partial charge in [0.05, 0.1) is 0 Å². The van der Waals surface area contributed by atoms with Crippen LogP contribution in [0.4, 0.5) is 0 Å². The van der Waals surface area contributed by atoms with Crippen molar-refractivity contribution in [1.82, 2.24) is 0 Å². The van der Waals surface area contributed by atoms with Gasteiger partial charge in [0, 0.05) is 0 Å². The summed E-state index contributed by atoms with van der Waals surface area (Å²) in [4.78, 5) is -2.32. The smallest absolute Gasteiger partial charge is 0.398 e. The van der Waals surface area contributed by atoms with Crippen molar-refractivity contribution in [2.24, 2.45) is 0 Å². The van der Waals surface area contributed by atoms with Gasteiger partial charge in [-0.05, 0) is 38.1 Å². The molecule has 0 aliphatic rings. The Morgan fingerprint density at radius 2 is 1.53 bits per heavy atom. The molecule has 1 aromatic rings. The fourth-order valence-electron chi connectivity index (χ4n) is 1.02. The molecule has 0 aliphatic heterocycles. The maximum atomic E-state index is 11.8. The van der Waals surface area contributed by atoms with E-state index >= 15 is 0 Å². The lowest BCUT2D eigenvalue weighted by Gasteiger charge is -2.22. The SMILES string of the molecule is CC(C)(OS(=O)(=O)O)S(=O)(=O)Oc1ccc(O)cc1. The second-order valence-corrected chi connectivity index (χ2v) is 7.02. The van der Waals surface area contributed by atoms with Crippen molar-refractivity contribution in [2.75, 3.05) is 0 Å². The van der Waals surface area contributed by atoms with Crippen LogP contribution in [0.2, 0.25) is 0 Å². The van der Waals surface area contributed by atoms with Crippen LogP contribution in [0.5, 0.6) is 11.5 Å². The molecular formula is C9H12O8S2. The largest absolute Gasteiger partial charge is 0.508 e. The number of phenols is 1. The minimum atomic E-state index is -4.96. The van der Waals surface area contributed by atoms with E-state index in [-0.39, 0.29) is 11.5 Å². The number of hydrogen-bond acceptors (Lipinski definition) is 7. The van der Waals surface area contributed by atoms with Crippen LogP contribution >= 0.6 is 0 Å². The third-order valence-corrected chi connectivity index (χ3v) is 4.38. The molecule has 1 aromatic carbocycles. The van der Waals surface area contributed by atoms with E-state index in [0.29, 0.717) is 0 Å². The Bertz CT molecular complexity index is 642. The number of aromatic hydroxyl groups is 1. The molecule has 10 heteroatoms. The Morgan fingerprint density at radius 1 is 1.05 bits per heavy atom. The first-order chi connectivity index (χ1) is 8.43. The second-order valence-electron chi connectivity index (χ2n) is 3.94. The van der Waals surface area contributed by atoms with E-state index < -0.39 is 25.5 Å². The van der Waals surface area contributed by atoms with Gasteiger partial charge in [-0.1, -0.05) is 0 Å². The molecule has 19 heavy (non-hydrogen) atoms. The number of phenolic OH excluding ortho intramolecular Hbond substituents is 1. The van der Waals surface area contributed by atoms with Gasteiger partial charge in [0.25, 0.3) is 0 Å². The summed E-state index contributed by atoms with van der Waals surface area (Å²) in [5.41, 5.74) is 0. The van der Waals surface area contributed by atoms with Crippen LogP contribution in [0, 0.1) is 0 Å². The molecule has 0 saturated carbocycles. The highest BCUT2D eigenvalue weighted by atomic mass is 32.3. The molecule has 1 rings (SSSR count). The van der Waals surface area contributed by atoms with Crippen LogP contribution in [0.25, 0.3) is 0 Å². The monoisotopic (exact) mass is 312 g/mol. The molecule has 0 spiro atoms. The van der Waals surface area contributed by atoms with Crippen LogP contribution in [-0.2, 0) is 24.7 Å². The van der Waals surface area contributed by atoms with Crippen molar-refractivity contribution >= 4 is 20.5 Å². The zero-order valence-corrected chi connectivity index (χ0v) is 11.6. The highest BCUT2D eigenvalue weighted by Gasteiger charge is 2.42. The van der Waals surface area contributed by atoms with Crippen molar-refractivity contribution in [2.45, 2.75) is 18.8 Å². The van der Waals surface area contributed by atoms with Crippen molar-refractivity contribution in [3.05, 3.63) is 24.3 Å². The summed E-state index contributed by atoms with van der Waals surface area (Å²) in [6.07, 6.45) is 0. The van der Waals surface area contributed by atoms with Gasteiger partial charge in [-0.2, -0.15) is 16.8 Å². The Hall–Kier alpha value is -1.36. The Labute approximate surface area is 110 Å². The van der Waals surface area contributed by atoms with Crippen LogP contribution in [0.15, 0.2) is 24.3 Å². The molecule has 0 amide bonds. The molecule has 0 atom stereocenters. The minimum Gasteiger partial charge on any atom is -0.508 e. The minimum absolute atomic E-state index is 0.0989. The molecule has 8 nitrogen and oxygen atoms in total. The zero-order valence-electron chi connectivity index (χ0n) is 9.97. The van der Waals surface area contributed by atoms with Gasteiger partial charge in [0.15, 0.2) is 0 Å². The van der Waals surface area contributed by atoms with Crippen LogP contribution in [-0.4, -0.2) is 31.4 Å². The van der Waals surface area contributed by atoms with Gasteiger partial charge < -0.3 is 9.29 Å². The quantitative estimate of drug-likeness (QED) is 0.599. The number of hydrogen-bond donors (Lipinski definition) is 2. The Morgan fingerprint density at radius 3 is 1.95 bits per heavy atom. The summed E-state index contributed by atoms with van der Waals surface area (Å²) in [5, 5.41) is 9.03. The topological polar surface area (TPSA) is 127 Å². The molecule has 0 fully saturated rings. The molecule has 0 unspecified atom stereocenters. The number of rotatable bonds is 5. The first-order valence-corrected chi connectivity index (χ1v) is 7.61.